The van der Waals surface area contributed by atoms with Crippen LogP contribution in [-0.2, 0) is 11.3 Å². The molecule has 2 saturated heterocycles. The third-order valence-electron chi connectivity index (χ3n) is 6.41. The van der Waals surface area contributed by atoms with E-state index >= 15 is 0 Å². The third-order valence-corrected chi connectivity index (χ3v) is 6.77. The summed E-state index contributed by atoms with van der Waals surface area (Å²) in [7, 11) is 0. The third kappa shape index (κ3) is 3.33. The summed E-state index contributed by atoms with van der Waals surface area (Å²) in [5, 5.41) is 0.487. The first kappa shape index (κ1) is 19.4. The van der Waals surface area contributed by atoms with Crippen molar-refractivity contribution in [2.45, 2.75) is 33.4 Å². The van der Waals surface area contributed by atoms with Gasteiger partial charge in [0.2, 0.25) is 5.91 Å². The fourth-order valence-electron chi connectivity index (χ4n) is 4.99. The number of nitrogens with zero attached hydrogens (tertiary/aromatic N) is 2. The van der Waals surface area contributed by atoms with Gasteiger partial charge in [0.1, 0.15) is 5.82 Å². The number of carbonyl (C=O) groups excluding carboxylic acids is 1. The van der Waals surface area contributed by atoms with Gasteiger partial charge in [0.05, 0.1) is 6.04 Å². The number of fused-ring (bicyclic) bond motifs is 1. The van der Waals surface area contributed by atoms with Gasteiger partial charge in [-0.3, -0.25) is 9.69 Å². The predicted octanol–water partition coefficient (Wildman–Crippen LogP) is 4.75. The fraction of sp³-hybridized carbons (Fsp3) is 0.435. The highest BCUT2D eigenvalue weighted by atomic mass is 35.5. The molecule has 2 aliphatic rings. The summed E-state index contributed by atoms with van der Waals surface area (Å²) in [6.07, 6.45) is 0. The lowest BCUT2D eigenvalue weighted by Gasteiger charge is -2.30. The van der Waals surface area contributed by atoms with Gasteiger partial charge in [-0.1, -0.05) is 41.9 Å². The standard InChI is InChI=1S/C23H26ClFN2O/c1-14-6-4-5-7-18(14)23-19-12-26(10-17(19)11-27(23)16(3)28)13-20-21(24)9-8-15(2)22(20)25/h4-9,17,19,23H,10-13H2,1-3H3/t17-,19-,23+/m1/s1. The Morgan fingerprint density at radius 1 is 1.11 bits per heavy atom. The molecule has 2 fully saturated rings. The van der Waals surface area contributed by atoms with Gasteiger partial charge in [-0.25, -0.2) is 4.39 Å². The van der Waals surface area contributed by atoms with Crippen LogP contribution in [-0.4, -0.2) is 35.3 Å². The molecular weight excluding hydrogens is 375 g/mol. The van der Waals surface area contributed by atoms with Crippen molar-refractivity contribution in [2.75, 3.05) is 19.6 Å². The van der Waals surface area contributed by atoms with Crippen molar-refractivity contribution in [3.63, 3.8) is 0 Å². The van der Waals surface area contributed by atoms with Crippen LogP contribution in [0, 0.1) is 31.5 Å². The van der Waals surface area contributed by atoms with Gasteiger partial charge in [-0.15, -0.1) is 0 Å². The minimum atomic E-state index is -0.203. The average molecular weight is 401 g/mol. The lowest BCUT2D eigenvalue weighted by Crippen LogP contribution is -2.34. The Kier molecular flexibility index (Phi) is 5.19. The van der Waals surface area contributed by atoms with Crippen molar-refractivity contribution in [1.29, 1.82) is 0 Å². The molecule has 0 aromatic heterocycles. The molecule has 28 heavy (non-hydrogen) atoms. The van der Waals surface area contributed by atoms with Crippen molar-refractivity contribution in [2.24, 2.45) is 11.8 Å². The van der Waals surface area contributed by atoms with E-state index in [1.165, 1.54) is 11.1 Å². The highest BCUT2D eigenvalue weighted by molar-refractivity contribution is 6.31. The fourth-order valence-corrected chi connectivity index (χ4v) is 5.20. The van der Waals surface area contributed by atoms with Gasteiger partial charge in [0, 0.05) is 49.6 Å². The molecule has 0 aliphatic carbocycles. The maximum atomic E-state index is 14.6. The van der Waals surface area contributed by atoms with Crippen LogP contribution in [0.5, 0.6) is 0 Å². The highest BCUT2D eigenvalue weighted by Crippen LogP contribution is 2.46. The monoisotopic (exact) mass is 400 g/mol. The van der Waals surface area contributed by atoms with Crippen molar-refractivity contribution in [3.8, 4) is 0 Å². The van der Waals surface area contributed by atoms with E-state index in [4.69, 9.17) is 11.6 Å². The van der Waals surface area contributed by atoms with Crippen LogP contribution in [0.25, 0.3) is 0 Å². The number of aryl methyl sites for hydroxylation is 2. The van der Waals surface area contributed by atoms with E-state index in [2.05, 4.69) is 24.0 Å². The summed E-state index contributed by atoms with van der Waals surface area (Å²) in [5.41, 5.74) is 3.65. The second-order valence-corrected chi connectivity index (χ2v) is 8.65. The number of hydrogen-bond acceptors (Lipinski definition) is 2. The minimum Gasteiger partial charge on any atom is -0.335 e. The molecule has 0 radical (unpaired) electrons. The molecular formula is C23H26ClFN2O. The van der Waals surface area contributed by atoms with E-state index in [1.807, 2.05) is 17.0 Å². The first-order chi connectivity index (χ1) is 13.4. The number of halogens is 2. The lowest BCUT2D eigenvalue weighted by atomic mass is 9.87. The smallest absolute Gasteiger partial charge is 0.219 e. The molecule has 0 spiro atoms. The van der Waals surface area contributed by atoms with E-state index in [0.29, 0.717) is 34.5 Å². The highest BCUT2D eigenvalue weighted by Gasteiger charge is 2.48. The van der Waals surface area contributed by atoms with E-state index in [9.17, 15) is 9.18 Å². The van der Waals surface area contributed by atoms with Crippen molar-refractivity contribution in [3.05, 3.63) is 69.5 Å². The maximum Gasteiger partial charge on any atom is 0.219 e. The Bertz CT molecular complexity index is 915. The number of likely N-dealkylation sites (tertiary alicyclic amines) is 2. The number of hydrogen-bond donors (Lipinski definition) is 0. The summed E-state index contributed by atoms with van der Waals surface area (Å²) < 4.78 is 14.6. The molecule has 5 heteroatoms. The van der Waals surface area contributed by atoms with Gasteiger partial charge in [-0.05, 0) is 42.5 Å². The van der Waals surface area contributed by atoms with Crippen LogP contribution in [0.4, 0.5) is 4.39 Å². The van der Waals surface area contributed by atoms with Crippen LogP contribution in [0.2, 0.25) is 5.02 Å². The van der Waals surface area contributed by atoms with Crippen LogP contribution in [0.15, 0.2) is 36.4 Å². The molecule has 2 aromatic carbocycles. The zero-order chi connectivity index (χ0) is 20.0. The van der Waals surface area contributed by atoms with E-state index in [1.54, 1.807) is 26.0 Å². The zero-order valence-corrected chi connectivity index (χ0v) is 17.3. The molecule has 2 aliphatic heterocycles. The normalized spacial score (nSPS) is 24.6. The molecule has 0 saturated carbocycles. The second kappa shape index (κ2) is 7.49. The maximum absolute atomic E-state index is 14.6. The Balaban J connectivity index is 1.60. The molecule has 1 amide bonds. The summed E-state index contributed by atoms with van der Waals surface area (Å²) in [4.78, 5) is 16.6. The summed E-state index contributed by atoms with van der Waals surface area (Å²) in [5.74, 6) is 0.684. The molecule has 4 rings (SSSR count). The first-order valence-electron chi connectivity index (χ1n) is 9.85. The molecule has 0 bridgehead atoms. The summed E-state index contributed by atoms with van der Waals surface area (Å²) in [6, 6.07) is 11.9. The quantitative estimate of drug-likeness (QED) is 0.742. The number of carbonyl (C=O) groups is 1. The molecule has 0 N–H and O–H groups in total. The molecule has 0 unspecified atom stereocenters. The zero-order valence-electron chi connectivity index (χ0n) is 16.6. The second-order valence-electron chi connectivity index (χ2n) is 8.25. The molecule has 3 atom stereocenters. The summed E-state index contributed by atoms with van der Waals surface area (Å²) >= 11 is 6.29. The Hall–Kier alpha value is -1.91. The van der Waals surface area contributed by atoms with E-state index < -0.39 is 0 Å². The Morgan fingerprint density at radius 3 is 2.57 bits per heavy atom. The number of benzene rings is 2. The van der Waals surface area contributed by atoms with Gasteiger partial charge in [0.15, 0.2) is 0 Å². The summed E-state index contributed by atoms with van der Waals surface area (Å²) in [6.45, 7) is 8.52. The average Bonchev–Trinajstić information content (AvgIpc) is 3.20. The predicted molar refractivity (Wildman–Crippen MR) is 110 cm³/mol. The molecule has 2 aromatic rings. The van der Waals surface area contributed by atoms with Crippen molar-refractivity contribution < 1.29 is 9.18 Å². The van der Waals surface area contributed by atoms with Crippen LogP contribution < -0.4 is 0 Å². The van der Waals surface area contributed by atoms with Gasteiger partial charge in [-0.2, -0.15) is 0 Å². The Labute approximate surface area is 171 Å². The van der Waals surface area contributed by atoms with E-state index in [0.717, 1.165) is 19.6 Å². The lowest BCUT2D eigenvalue weighted by molar-refractivity contribution is -0.130. The topological polar surface area (TPSA) is 23.6 Å². The van der Waals surface area contributed by atoms with Gasteiger partial charge >= 0.3 is 0 Å². The van der Waals surface area contributed by atoms with Crippen LogP contribution in [0.3, 0.4) is 0 Å². The van der Waals surface area contributed by atoms with Crippen LogP contribution >= 0.6 is 11.6 Å². The first-order valence-corrected chi connectivity index (χ1v) is 10.2. The number of rotatable bonds is 3. The Morgan fingerprint density at radius 2 is 1.86 bits per heavy atom. The SMILES string of the molecule is CC(=O)N1C[C@H]2CN(Cc3c(Cl)ccc(C)c3F)C[C@H]2[C@@H]1c1ccccc1C. The molecule has 2 heterocycles. The van der Waals surface area contributed by atoms with Gasteiger partial charge < -0.3 is 4.90 Å². The van der Waals surface area contributed by atoms with Gasteiger partial charge in [0.25, 0.3) is 0 Å². The van der Waals surface area contributed by atoms with Crippen molar-refractivity contribution >= 4 is 17.5 Å². The molecule has 3 nitrogen and oxygen atoms in total. The minimum absolute atomic E-state index is 0.0894. The number of amides is 1. The molecule has 148 valence electrons. The van der Waals surface area contributed by atoms with Crippen molar-refractivity contribution in [1.82, 2.24) is 9.80 Å². The van der Waals surface area contributed by atoms with E-state index in [-0.39, 0.29) is 17.8 Å². The largest absolute Gasteiger partial charge is 0.335 e. The van der Waals surface area contributed by atoms with Crippen LogP contribution in [0.1, 0.15) is 35.2 Å².